The van der Waals surface area contributed by atoms with E-state index < -0.39 is 5.92 Å². The minimum Gasteiger partial charge on any atom is -0.202 e. The summed E-state index contributed by atoms with van der Waals surface area (Å²) in [6.07, 6.45) is 4.81. The summed E-state index contributed by atoms with van der Waals surface area (Å²) in [7, 11) is 0. The molecule has 0 radical (unpaired) electrons. The number of alkyl halides is 2. The molecule has 0 nitrogen and oxygen atoms in total. The van der Waals surface area contributed by atoms with Crippen molar-refractivity contribution in [1.29, 1.82) is 0 Å². The van der Waals surface area contributed by atoms with E-state index in [1.165, 1.54) is 6.08 Å². The van der Waals surface area contributed by atoms with Gasteiger partial charge in [-0.1, -0.05) is 44.2 Å². The summed E-state index contributed by atoms with van der Waals surface area (Å²) in [5, 5.41) is 0. The first-order valence-electron chi connectivity index (χ1n) is 4.67. The highest BCUT2D eigenvalue weighted by atomic mass is 19.3. The fraction of sp³-hybridized carbons (Fsp3) is 0.500. The summed E-state index contributed by atoms with van der Waals surface area (Å²) in [6.45, 7) is 10.2. The Kier molecular flexibility index (Phi) is 4.75. The van der Waals surface area contributed by atoms with Crippen LogP contribution >= 0.6 is 0 Å². The van der Waals surface area contributed by atoms with Crippen LogP contribution in [0, 0.1) is 5.92 Å². The fourth-order valence-corrected chi connectivity index (χ4v) is 0.655. The average molecular weight is 200 g/mol. The molecule has 0 aliphatic carbocycles. The highest BCUT2D eigenvalue weighted by molar-refractivity contribution is 5.26. The SMILES string of the molecule is C=C(/C=C\C=C(/C)C(C)C)C(C)(F)F. The molecule has 80 valence electrons. The van der Waals surface area contributed by atoms with Crippen LogP contribution in [-0.4, -0.2) is 5.92 Å². The molecular weight excluding hydrogens is 182 g/mol. The quantitative estimate of drug-likeness (QED) is 0.591. The van der Waals surface area contributed by atoms with Gasteiger partial charge in [-0.3, -0.25) is 0 Å². The lowest BCUT2D eigenvalue weighted by Gasteiger charge is -2.08. The highest BCUT2D eigenvalue weighted by Gasteiger charge is 2.22. The van der Waals surface area contributed by atoms with E-state index >= 15 is 0 Å². The molecule has 2 heteroatoms. The molecular formula is C12H18F2. The third kappa shape index (κ3) is 4.95. The highest BCUT2D eigenvalue weighted by Crippen LogP contribution is 2.22. The third-order valence-corrected chi connectivity index (χ3v) is 2.13. The largest absolute Gasteiger partial charge is 0.269 e. The molecule has 14 heavy (non-hydrogen) atoms. The molecule has 0 spiro atoms. The van der Waals surface area contributed by atoms with Gasteiger partial charge in [-0.2, -0.15) is 0 Å². The summed E-state index contributed by atoms with van der Waals surface area (Å²) < 4.78 is 25.3. The molecule has 0 heterocycles. The maximum absolute atomic E-state index is 12.6. The van der Waals surface area contributed by atoms with E-state index in [1.807, 2.05) is 13.0 Å². The van der Waals surface area contributed by atoms with Gasteiger partial charge in [-0.25, -0.2) is 8.78 Å². The third-order valence-electron chi connectivity index (χ3n) is 2.13. The number of rotatable bonds is 4. The Hall–Kier alpha value is -0.920. The second kappa shape index (κ2) is 5.08. The number of halogens is 2. The van der Waals surface area contributed by atoms with Gasteiger partial charge in [-0.15, -0.1) is 0 Å². The summed E-state index contributed by atoms with van der Waals surface area (Å²) in [5.41, 5.74) is 0.999. The van der Waals surface area contributed by atoms with Crippen molar-refractivity contribution in [3.8, 4) is 0 Å². The fourth-order valence-electron chi connectivity index (χ4n) is 0.655. The monoisotopic (exact) mass is 200 g/mol. The molecule has 0 bridgehead atoms. The van der Waals surface area contributed by atoms with E-state index in [0.29, 0.717) is 5.92 Å². The molecule has 0 fully saturated rings. The average Bonchev–Trinajstić information content (AvgIpc) is 2.01. The van der Waals surface area contributed by atoms with Gasteiger partial charge < -0.3 is 0 Å². The van der Waals surface area contributed by atoms with Crippen LogP contribution < -0.4 is 0 Å². The number of hydrogen-bond donors (Lipinski definition) is 0. The topological polar surface area (TPSA) is 0 Å². The van der Waals surface area contributed by atoms with Gasteiger partial charge in [0.05, 0.1) is 0 Å². The molecule has 0 atom stereocenters. The van der Waals surface area contributed by atoms with Crippen molar-refractivity contribution in [2.24, 2.45) is 5.92 Å². The zero-order valence-corrected chi connectivity index (χ0v) is 9.27. The molecule has 0 unspecified atom stereocenters. The standard InChI is InChI=1S/C12H18F2/c1-9(2)10(3)7-6-8-11(4)12(5,13)14/h6-9H,4H2,1-3,5H3/b8-6-,10-7+. The van der Waals surface area contributed by atoms with Crippen molar-refractivity contribution in [3.05, 3.63) is 36.0 Å². The second-order valence-corrected chi connectivity index (χ2v) is 3.84. The Bertz CT molecular complexity index is 252. The molecule has 0 amide bonds. The van der Waals surface area contributed by atoms with E-state index in [0.717, 1.165) is 12.5 Å². The zero-order chi connectivity index (χ0) is 11.4. The molecule has 0 saturated carbocycles. The minimum atomic E-state index is -2.82. The summed E-state index contributed by atoms with van der Waals surface area (Å²) in [5.74, 6) is -2.38. The Balaban J connectivity index is 4.35. The lowest BCUT2D eigenvalue weighted by atomic mass is 10.0. The van der Waals surface area contributed by atoms with Crippen molar-refractivity contribution in [1.82, 2.24) is 0 Å². The van der Waals surface area contributed by atoms with Gasteiger partial charge in [0.15, 0.2) is 0 Å². The summed E-state index contributed by atoms with van der Waals surface area (Å²) >= 11 is 0. The molecule has 0 aromatic heterocycles. The Morgan fingerprint density at radius 2 is 1.86 bits per heavy atom. The number of allylic oxidation sites excluding steroid dienone is 5. The van der Waals surface area contributed by atoms with Gasteiger partial charge in [-0.05, 0) is 12.8 Å². The normalized spacial score (nSPS) is 14.1. The van der Waals surface area contributed by atoms with Crippen LogP contribution in [0.1, 0.15) is 27.7 Å². The first kappa shape index (κ1) is 13.1. The van der Waals surface area contributed by atoms with E-state index in [1.54, 1.807) is 6.08 Å². The Morgan fingerprint density at radius 3 is 2.21 bits per heavy atom. The lowest BCUT2D eigenvalue weighted by Crippen LogP contribution is -2.10. The van der Waals surface area contributed by atoms with Crippen molar-refractivity contribution in [2.45, 2.75) is 33.6 Å². The molecule has 0 aliphatic heterocycles. The van der Waals surface area contributed by atoms with Crippen LogP contribution in [0.5, 0.6) is 0 Å². The van der Waals surface area contributed by atoms with Crippen LogP contribution in [0.2, 0.25) is 0 Å². The van der Waals surface area contributed by atoms with Crippen molar-refractivity contribution in [2.75, 3.05) is 0 Å². The smallest absolute Gasteiger partial charge is 0.202 e. The molecule has 0 aromatic rings. The molecule has 0 saturated heterocycles. The van der Waals surface area contributed by atoms with Gasteiger partial charge in [0.25, 0.3) is 5.92 Å². The van der Waals surface area contributed by atoms with Crippen molar-refractivity contribution < 1.29 is 8.78 Å². The minimum absolute atomic E-state index is 0.162. The lowest BCUT2D eigenvalue weighted by molar-refractivity contribution is 0.0680. The predicted octanol–water partition coefficient (Wildman–Crippen LogP) is 4.36. The van der Waals surface area contributed by atoms with Gasteiger partial charge in [0.1, 0.15) is 0 Å². The van der Waals surface area contributed by atoms with Crippen LogP contribution in [0.25, 0.3) is 0 Å². The van der Waals surface area contributed by atoms with E-state index in [-0.39, 0.29) is 5.57 Å². The van der Waals surface area contributed by atoms with Crippen LogP contribution in [0.15, 0.2) is 36.0 Å². The molecule has 0 N–H and O–H groups in total. The Labute approximate surface area is 85.0 Å². The maximum atomic E-state index is 12.6. The molecule has 0 aromatic carbocycles. The summed E-state index contributed by atoms with van der Waals surface area (Å²) in [4.78, 5) is 0. The van der Waals surface area contributed by atoms with Crippen LogP contribution in [-0.2, 0) is 0 Å². The summed E-state index contributed by atoms with van der Waals surface area (Å²) in [6, 6.07) is 0. The first-order valence-corrected chi connectivity index (χ1v) is 4.67. The van der Waals surface area contributed by atoms with Crippen molar-refractivity contribution in [3.63, 3.8) is 0 Å². The predicted molar refractivity (Wildman–Crippen MR) is 57.5 cm³/mol. The van der Waals surface area contributed by atoms with Crippen molar-refractivity contribution >= 4 is 0 Å². The molecule has 0 aliphatic rings. The maximum Gasteiger partial charge on any atom is 0.269 e. The van der Waals surface area contributed by atoms with E-state index in [2.05, 4.69) is 20.4 Å². The Morgan fingerprint density at radius 1 is 1.36 bits per heavy atom. The second-order valence-electron chi connectivity index (χ2n) is 3.84. The van der Waals surface area contributed by atoms with Crippen LogP contribution in [0.3, 0.4) is 0 Å². The van der Waals surface area contributed by atoms with E-state index in [9.17, 15) is 8.78 Å². The van der Waals surface area contributed by atoms with Gasteiger partial charge in [0.2, 0.25) is 0 Å². The van der Waals surface area contributed by atoms with Gasteiger partial charge >= 0.3 is 0 Å². The van der Waals surface area contributed by atoms with Crippen LogP contribution in [0.4, 0.5) is 8.78 Å². The molecule has 0 rings (SSSR count). The number of hydrogen-bond acceptors (Lipinski definition) is 0. The van der Waals surface area contributed by atoms with Gasteiger partial charge in [0, 0.05) is 12.5 Å². The first-order chi connectivity index (χ1) is 6.25. The van der Waals surface area contributed by atoms with E-state index in [4.69, 9.17) is 0 Å². The zero-order valence-electron chi connectivity index (χ0n) is 9.27.